The van der Waals surface area contributed by atoms with Gasteiger partial charge in [0.2, 0.25) is 10.0 Å². The summed E-state index contributed by atoms with van der Waals surface area (Å²) in [6.07, 6.45) is 0. The lowest BCUT2D eigenvalue weighted by Crippen LogP contribution is -2.40. The fourth-order valence-electron chi connectivity index (χ4n) is 1.46. The maximum absolute atomic E-state index is 12.1. The predicted octanol–water partition coefficient (Wildman–Crippen LogP) is 1.16. The second kappa shape index (κ2) is 5.22. The van der Waals surface area contributed by atoms with Crippen molar-refractivity contribution in [1.29, 1.82) is 0 Å². The van der Waals surface area contributed by atoms with Gasteiger partial charge in [-0.15, -0.1) is 0 Å². The molecule has 1 aromatic rings. The molecule has 0 aliphatic carbocycles. The molecule has 0 amide bonds. The number of aromatic carboxylic acids is 2. The Balaban J connectivity index is 3.45. The van der Waals surface area contributed by atoms with Crippen molar-refractivity contribution < 1.29 is 28.2 Å². The summed E-state index contributed by atoms with van der Waals surface area (Å²) in [7, 11) is -4.01. The van der Waals surface area contributed by atoms with Gasteiger partial charge < -0.3 is 10.2 Å². The van der Waals surface area contributed by atoms with Gasteiger partial charge in [-0.1, -0.05) is 0 Å². The van der Waals surface area contributed by atoms with E-state index in [-0.39, 0.29) is 0 Å². The molecule has 0 aliphatic rings. The van der Waals surface area contributed by atoms with Gasteiger partial charge in [0.1, 0.15) is 0 Å². The Morgan fingerprint density at radius 2 is 1.40 bits per heavy atom. The highest BCUT2D eigenvalue weighted by Gasteiger charge is 2.24. The normalized spacial score (nSPS) is 12.2. The van der Waals surface area contributed by atoms with Crippen molar-refractivity contribution in [3.8, 4) is 0 Å². The molecule has 8 heteroatoms. The van der Waals surface area contributed by atoms with E-state index in [1.165, 1.54) is 0 Å². The summed E-state index contributed by atoms with van der Waals surface area (Å²) >= 11 is 0. The van der Waals surface area contributed by atoms with Gasteiger partial charge in [-0.3, -0.25) is 0 Å². The lowest BCUT2D eigenvalue weighted by Gasteiger charge is -2.20. The molecule has 7 nitrogen and oxygen atoms in total. The van der Waals surface area contributed by atoms with Crippen LogP contribution in [0.3, 0.4) is 0 Å². The van der Waals surface area contributed by atoms with E-state index in [0.29, 0.717) is 0 Å². The number of rotatable bonds is 4. The molecule has 0 radical (unpaired) electrons. The van der Waals surface area contributed by atoms with Crippen molar-refractivity contribution in [2.24, 2.45) is 0 Å². The lowest BCUT2D eigenvalue weighted by atomic mass is 10.1. The topological polar surface area (TPSA) is 121 Å². The number of carboxylic acid groups (broad SMARTS) is 2. The van der Waals surface area contributed by atoms with E-state index in [9.17, 15) is 18.0 Å². The van der Waals surface area contributed by atoms with Crippen LogP contribution in [0.15, 0.2) is 23.1 Å². The maximum atomic E-state index is 12.1. The van der Waals surface area contributed by atoms with Crippen LogP contribution in [-0.2, 0) is 10.0 Å². The fraction of sp³-hybridized carbons (Fsp3) is 0.333. The summed E-state index contributed by atoms with van der Waals surface area (Å²) in [5, 5.41) is 17.8. The molecule has 3 N–H and O–H groups in total. The minimum Gasteiger partial charge on any atom is -0.478 e. The van der Waals surface area contributed by atoms with Gasteiger partial charge in [-0.2, -0.15) is 0 Å². The number of hydrogen-bond donors (Lipinski definition) is 3. The van der Waals surface area contributed by atoms with Crippen LogP contribution in [0, 0.1) is 0 Å². The van der Waals surface area contributed by atoms with E-state index >= 15 is 0 Å². The van der Waals surface area contributed by atoms with Crippen LogP contribution in [0.4, 0.5) is 0 Å². The fourth-order valence-corrected chi connectivity index (χ4v) is 2.95. The van der Waals surface area contributed by atoms with Crippen LogP contribution in [0.1, 0.15) is 41.5 Å². The maximum Gasteiger partial charge on any atom is 0.335 e. The summed E-state index contributed by atoms with van der Waals surface area (Å²) in [5.74, 6) is -2.80. The van der Waals surface area contributed by atoms with Crippen molar-refractivity contribution in [1.82, 2.24) is 4.72 Å². The zero-order valence-electron chi connectivity index (χ0n) is 11.2. The van der Waals surface area contributed by atoms with Crippen molar-refractivity contribution in [3.05, 3.63) is 29.3 Å². The molecule has 1 aromatic carbocycles. The number of benzene rings is 1. The first kappa shape index (κ1) is 16.1. The first-order valence-corrected chi connectivity index (χ1v) is 7.06. The van der Waals surface area contributed by atoms with Gasteiger partial charge in [0, 0.05) is 5.54 Å². The third-order valence-electron chi connectivity index (χ3n) is 2.15. The van der Waals surface area contributed by atoms with E-state index < -0.39 is 43.5 Å². The van der Waals surface area contributed by atoms with Gasteiger partial charge >= 0.3 is 11.9 Å². The van der Waals surface area contributed by atoms with Crippen molar-refractivity contribution in [2.75, 3.05) is 0 Å². The van der Waals surface area contributed by atoms with E-state index in [1.807, 2.05) is 0 Å². The number of carboxylic acids is 2. The zero-order chi connectivity index (χ0) is 15.7. The molecular weight excluding hydrogens is 286 g/mol. The Bertz CT molecular complexity index is 625. The Hall–Kier alpha value is -1.93. The average Bonchev–Trinajstić information content (AvgIpc) is 2.25. The molecule has 0 spiro atoms. The summed E-state index contributed by atoms with van der Waals surface area (Å²) in [4.78, 5) is 21.5. The van der Waals surface area contributed by atoms with Crippen LogP contribution in [0.2, 0.25) is 0 Å². The van der Waals surface area contributed by atoms with Gasteiger partial charge in [0.05, 0.1) is 16.0 Å². The quantitative estimate of drug-likeness (QED) is 0.767. The van der Waals surface area contributed by atoms with Crippen LogP contribution < -0.4 is 4.72 Å². The van der Waals surface area contributed by atoms with Gasteiger partial charge in [0.25, 0.3) is 0 Å². The smallest absolute Gasteiger partial charge is 0.335 e. The lowest BCUT2D eigenvalue weighted by molar-refractivity contribution is 0.0696. The Labute approximate surface area is 116 Å². The summed E-state index contributed by atoms with van der Waals surface area (Å²) in [6, 6.07) is 2.74. The second-order valence-electron chi connectivity index (χ2n) is 5.21. The molecule has 1 rings (SSSR count). The highest BCUT2D eigenvalue weighted by molar-refractivity contribution is 7.89. The molecule has 0 bridgehead atoms. The molecule has 0 heterocycles. The van der Waals surface area contributed by atoms with E-state index in [1.54, 1.807) is 20.8 Å². The summed E-state index contributed by atoms with van der Waals surface area (Å²) in [6.45, 7) is 4.84. The predicted molar refractivity (Wildman–Crippen MR) is 70.4 cm³/mol. The molecule has 0 fully saturated rings. The van der Waals surface area contributed by atoms with Crippen molar-refractivity contribution in [3.63, 3.8) is 0 Å². The third-order valence-corrected chi connectivity index (χ3v) is 3.89. The van der Waals surface area contributed by atoms with Crippen molar-refractivity contribution >= 4 is 22.0 Å². The summed E-state index contributed by atoms with van der Waals surface area (Å²) in [5.41, 5.74) is -1.58. The van der Waals surface area contributed by atoms with Gasteiger partial charge in [0.15, 0.2) is 0 Å². The zero-order valence-corrected chi connectivity index (χ0v) is 12.0. The second-order valence-corrected chi connectivity index (χ2v) is 6.89. The Kier molecular flexibility index (Phi) is 4.21. The minimum atomic E-state index is -4.01. The minimum absolute atomic E-state index is 0.398. The van der Waals surface area contributed by atoms with E-state index in [0.717, 1.165) is 18.2 Å². The van der Waals surface area contributed by atoms with Crippen LogP contribution >= 0.6 is 0 Å². The van der Waals surface area contributed by atoms with Crippen LogP contribution in [0.25, 0.3) is 0 Å². The molecule has 0 aliphatic heterocycles. The first-order chi connectivity index (χ1) is 8.92. The standard InChI is InChI=1S/C12H15NO6S/c1-12(2,3)13-20(18,19)9-5-7(10(14)15)4-8(6-9)11(16)17/h4-6,13H,1-3H3,(H,14,15)(H,16,17). The molecular formula is C12H15NO6S. The highest BCUT2D eigenvalue weighted by atomic mass is 32.2. The Morgan fingerprint density at radius 3 is 1.70 bits per heavy atom. The molecule has 110 valence electrons. The van der Waals surface area contributed by atoms with E-state index in [4.69, 9.17) is 10.2 Å². The molecule has 0 saturated heterocycles. The van der Waals surface area contributed by atoms with Crippen molar-refractivity contribution in [2.45, 2.75) is 31.2 Å². The number of nitrogens with one attached hydrogen (secondary N) is 1. The monoisotopic (exact) mass is 301 g/mol. The summed E-state index contributed by atoms with van der Waals surface area (Å²) < 4.78 is 26.5. The number of hydrogen-bond acceptors (Lipinski definition) is 4. The van der Waals surface area contributed by atoms with Gasteiger partial charge in [-0.25, -0.2) is 22.7 Å². The molecule has 0 saturated carbocycles. The molecule has 0 atom stereocenters. The molecule has 0 aromatic heterocycles. The first-order valence-electron chi connectivity index (χ1n) is 5.58. The Morgan fingerprint density at radius 1 is 1.00 bits per heavy atom. The van der Waals surface area contributed by atoms with E-state index in [2.05, 4.69) is 4.72 Å². The number of carbonyl (C=O) groups is 2. The molecule has 20 heavy (non-hydrogen) atoms. The van der Waals surface area contributed by atoms with Gasteiger partial charge in [-0.05, 0) is 39.0 Å². The number of sulfonamides is 1. The molecule has 0 unspecified atom stereocenters. The van der Waals surface area contributed by atoms with Crippen LogP contribution in [-0.4, -0.2) is 36.1 Å². The SMILES string of the molecule is CC(C)(C)NS(=O)(=O)c1cc(C(=O)O)cc(C(=O)O)c1. The van der Waals surface area contributed by atoms with Crippen LogP contribution in [0.5, 0.6) is 0 Å². The third kappa shape index (κ3) is 4.04. The largest absolute Gasteiger partial charge is 0.478 e. The average molecular weight is 301 g/mol. The highest BCUT2D eigenvalue weighted by Crippen LogP contribution is 2.18.